The van der Waals surface area contributed by atoms with E-state index < -0.39 is 11.5 Å². The maximum Gasteiger partial charge on any atom is 0.281 e. The van der Waals surface area contributed by atoms with Crippen LogP contribution in [-0.4, -0.2) is 23.5 Å². The fraction of sp³-hybridized carbons (Fsp3) is 0.133. The van der Waals surface area contributed by atoms with Gasteiger partial charge in [0.05, 0.1) is 24.8 Å². The molecule has 1 amide bonds. The van der Waals surface area contributed by atoms with E-state index >= 15 is 0 Å². The fourth-order valence-corrected chi connectivity index (χ4v) is 2.55. The number of aromatic nitrogens is 1. The van der Waals surface area contributed by atoms with Crippen LogP contribution in [0, 0.1) is 0 Å². The Labute approximate surface area is 136 Å². The highest BCUT2D eigenvalue weighted by atomic mass is 16.5. The van der Waals surface area contributed by atoms with E-state index in [4.69, 9.17) is 22.0 Å². The molecule has 2 aromatic rings. The van der Waals surface area contributed by atoms with Crippen molar-refractivity contribution in [3.05, 3.63) is 51.3 Å². The third-order valence-corrected chi connectivity index (χ3v) is 3.79. The summed E-state index contributed by atoms with van der Waals surface area (Å²) in [5, 5.41) is 2.70. The molecule has 9 nitrogen and oxygen atoms in total. The number of hydrogen-bond acceptors (Lipinski definition) is 7. The summed E-state index contributed by atoms with van der Waals surface area (Å²) in [6.07, 6.45) is 0. The number of ether oxygens (including phenoxy) is 1. The van der Waals surface area contributed by atoms with Crippen molar-refractivity contribution >= 4 is 23.2 Å². The molecule has 2 heterocycles. The van der Waals surface area contributed by atoms with Gasteiger partial charge in [0.15, 0.2) is 0 Å². The molecule has 0 spiro atoms. The summed E-state index contributed by atoms with van der Waals surface area (Å²) in [6, 6.07) is 6.76. The number of methoxy groups -OCH3 is 1. The van der Waals surface area contributed by atoms with Crippen LogP contribution < -0.4 is 32.9 Å². The third-order valence-electron chi connectivity index (χ3n) is 3.79. The van der Waals surface area contributed by atoms with Crippen LogP contribution in [0.1, 0.15) is 21.5 Å². The number of benzene rings is 1. The van der Waals surface area contributed by atoms with Gasteiger partial charge in [0.2, 0.25) is 0 Å². The van der Waals surface area contributed by atoms with Crippen LogP contribution in [0.3, 0.4) is 0 Å². The van der Waals surface area contributed by atoms with Crippen LogP contribution in [0.5, 0.6) is 5.75 Å². The zero-order valence-corrected chi connectivity index (χ0v) is 12.9. The van der Waals surface area contributed by atoms with Gasteiger partial charge >= 0.3 is 0 Å². The lowest BCUT2D eigenvalue weighted by Crippen LogP contribution is -2.38. The number of aliphatic imine (C=N–C) groups is 1. The predicted octanol–water partition coefficient (Wildman–Crippen LogP) is -0.376. The Morgan fingerprint density at radius 2 is 1.96 bits per heavy atom. The highest BCUT2D eigenvalue weighted by molar-refractivity contribution is 6.12. The number of fused-ring (bicyclic) bond motifs is 1. The van der Waals surface area contributed by atoms with Gasteiger partial charge in [0, 0.05) is 11.3 Å². The smallest absolute Gasteiger partial charge is 0.281 e. The van der Waals surface area contributed by atoms with Gasteiger partial charge in [-0.2, -0.15) is 0 Å². The maximum absolute atomic E-state index is 12.6. The minimum atomic E-state index is -0.581. The highest BCUT2D eigenvalue weighted by Gasteiger charge is 2.28. The Morgan fingerprint density at radius 3 is 2.58 bits per heavy atom. The van der Waals surface area contributed by atoms with Gasteiger partial charge in [0.1, 0.15) is 17.4 Å². The van der Waals surface area contributed by atoms with E-state index in [1.165, 1.54) is 0 Å². The highest BCUT2D eigenvalue weighted by Crippen LogP contribution is 2.24. The summed E-state index contributed by atoms with van der Waals surface area (Å²) in [5.41, 5.74) is 12.1. The van der Waals surface area contributed by atoms with E-state index in [0.717, 1.165) is 0 Å². The number of carbonyl (C=O) groups is 1. The predicted molar refractivity (Wildman–Crippen MR) is 90.6 cm³/mol. The number of nitrogens with one attached hydrogen (secondary N) is 1. The Kier molecular flexibility index (Phi) is 3.60. The molecular formula is C15H16N6O3. The topological polar surface area (TPSA) is 151 Å². The first kappa shape index (κ1) is 15.4. The number of amides is 1. The lowest BCUT2D eigenvalue weighted by atomic mass is 10.0. The van der Waals surface area contributed by atoms with Crippen LogP contribution in [0.4, 0.5) is 11.5 Å². The normalized spacial score (nSPS) is 12.5. The molecular weight excluding hydrogens is 312 g/mol. The molecule has 9 heteroatoms. The number of hydrogen-bond donors (Lipinski definition) is 4. The second-order valence-electron chi connectivity index (χ2n) is 5.17. The van der Waals surface area contributed by atoms with Crippen LogP contribution in [0.25, 0.3) is 0 Å². The summed E-state index contributed by atoms with van der Waals surface area (Å²) >= 11 is 0. The van der Waals surface area contributed by atoms with Gasteiger partial charge in [0.25, 0.3) is 11.5 Å². The summed E-state index contributed by atoms with van der Waals surface area (Å²) < 4.78 is 5.77. The Balaban J connectivity index is 2.02. The molecule has 1 aromatic heterocycles. The van der Waals surface area contributed by atoms with E-state index in [0.29, 0.717) is 21.7 Å². The molecule has 0 fully saturated rings. The molecule has 1 aliphatic heterocycles. The second kappa shape index (κ2) is 5.61. The molecule has 124 valence electrons. The van der Waals surface area contributed by atoms with Crippen LogP contribution >= 0.6 is 0 Å². The van der Waals surface area contributed by atoms with Crippen LogP contribution in [-0.2, 0) is 6.54 Å². The first-order valence-electron chi connectivity index (χ1n) is 7.02. The van der Waals surface area contributed by atoms with Crippen molar-refractivity contribution in [1.82, 2.24) is 4.68 Å². The summed E-state index contributed by atoms with van der Waals surface area (Å²) in [6.45, 7) is 0.104. The van der Waals surface area contributed by atoms with Gasteiger partial charge in [-0.15, -0.1) is 0 Å². The zero-order chi connectivity index (χ0) is 17.4. The summed E-state index contributed by atoms with van der Waals surface area (Å²) in [4.78, 5) is 28.8. The van der Waals surface area contributed by atoms with Crippen molar-refractivity contribution in [2.45, 2.75) is 6.54 Å². The minimum Gasteiger partial charge on any atom is -0.497 e. The molecule has 0 unspecified atom stereocenters. The summed E-state index contributed by atoms with van der Waals surface area (Å²) in [5.74, 6) is 5.72. The van der Waals surface area contributed by atoms with Gasteiger partial charge in [-0.1, -0.05) is 0 Å². The van der Waals surface area contributed by atoms with Crippen LogP contribution in [0.2, 0.25) is 0 Å². The molecule has 0 aliphatic carbocycles. The number of anilines is 2. The zero-order valence-electron chi connectivity index (χ0n) is 12.9. The fourth-order valence-electron chi connectivity index (χ4n) is 2.55. The Bertz CT molecular complexity index is 914. The van der Waals surface area contributed by atoms with Gasteiger partial charge in [-0.25, -0.2) is 4.68 Å². The quantitative estimate of drug-likeness (QED) is 0.564. The number of carbonyl (C=O) groups excluding carboxylic acids is 1. The molecule has 0 atom stereocenters. The number of nitrogen functional groups attached to an aromatic ring is 2. The van der Waals surface area contributed by atoms with E-state index in [-0.39, 0.29) is 29.3 Å². The second-order valence-corrected chi connectivity index (χ2v) is 5.17. The van der Waals surface area contributed by atoms with Gasteiger partial charge < -0.3 is 27.4 Å². The van der Waals surface area contributed by atoms with Crippen molar-refractivity contribution in [2.75, 3.05) is 24.0 Å². The minimum absolute atomic E-state index is 0.0488. The van der Waals surface area contributed by atoms with Crippen molar-refractivity contribution in [2.24, 2.45) is 10.7 Å². The maximum atomic E-state index is 12.6. The first-order chi connectivity index (χ1) is 11.4. The van der Waals surface area contributed by atoms with Gasteiger partial charge in [-0.3, -0.25) is 14.6 Å². The molecule has 1 aromatic carbocycles. The number of nitrogens with two attached hydrogens (primary N) is 3. The lowest BCUT2D eigenvalue weighted by Gasteiger charge is -2.14. The van der Waals surface area contributed by atoms with E-state index in [1.54, 1.807) is 31.4 Å². The standard InChI is InChI=1S/C15H16N6O3/c1-24-8-4-2-7(3-5-8)20-14(22)11-9-6-19-12(16)10(9)15(23)21(18)13(11)17/h2-5H,6,17-18H2,1H3,(H2,16,19)(H,20,22). The molecule has 0 radical (unpaired) electrons. The Hall–Kier alpha value is -3.49. The van der Waals surface area contributed by atoms with Crippen molar-refractivity contribution in [1.29, 1.82) is 0 Å². The molecule has 1 aliphatic rings. The SMILES string of the molecule is COc1ccc(NC(=O)c2c3c(c(=O)n(N)c2N)C(N)=NC3)cc1. The lowest BCUT2D eigenvalue weighted by molar-refractivity contribution is 0.102. The third kappa shape index (κ3) is 2.32. The van der Waals surface area contributed by atoms with Crippen molar-refractivity contribution in [3.8, 4) is 5.75 Å². The van der Waals surface area contributed by atoms with E-state index in [2.05, 4.69) is 10.3 Å². The average molecular weight is 328 g/mol. The molecule has 0 saturated carbocycles. The molecule has 0 saturated heterocycles. The average Bonchev–Trinajstić information content (AvgIpc) is 2.95. The molecule has 3 rings (SSSR count). The van der Waals surface area contributed by atoms with Crippen molar-refractivity contribution < 1.29 is 9.53 Å². The largest absolute Gasteiger partial charge is 0.497 e. The number of nitrogens with zero attached hydrogens (tertiary/aromatic N) is 2. The number of pyridine rings is 1. The van der Waals surface area contributed by atoms with E-state index in [9.17, 15) is 9.59 Å². The van der Waals surface area contributed by atoms with Crippen molar-refractivity contribution in [3.63, 3.8) is 0 Å². The number of rotatable bonds is 3. The monoisotopic (exact) mass is 328 g/mol. The molecule has 0 bridgehead atoms. The molecule has 24 heavy (non-hydrogen) atoms. The number of amidine groups is 1. The van der Waals surface area contributed by atoms with Gasteiger partial charge in [-0.05, 0) is 24.3 Å². The van der Waals surface area contributed by atoms with E-state index in [1.807, 2.05) is 0 Å². The first-order valence-corrected chi connectivity index (χ1v) is 7.02. The molecule has 7 N–H and O–H groups in total. The summed E-state index contributed by atoms with van der Waals surface area (Å²) in [7, 11) is 1.55. The Morgan fingerprint density at radius 1 is 1.29 bits per heavy atom. The van der Waals surface area contributed by atoms with Crippen LogP contribution in [0.15, 0.2) is 34.1 Å².